The number of hydrogen-bond donors (Lipinski definition) is 3. The second-order valence-electron chi connectivity index (χ2n) is 10.5. The average Bonchev–Trinajstić information content (AvgIpc) is 3.23. The van der Waals surface area contributed by atoms with Gasteiger partial charge in [-0.3, -0.25) is 14.2 Å². The molecule has 0 fully saturated rings. The summed E-state index contributed by atoms with van der Waals surface area (Å²) in [5.41, 5.74) is 5.63. The van der Waals surface area contributed by atoms with E-state index in [1.54, 1.807) is 45.5 Å². The summed E-state index contributed by atoms with van der Waals surface area (Å²) in [6, 6.07) is -0.526. The third-order valence-corrected chi connectivity index (χ3v) is 7.94. The van der Waals surface area contributed by atoms with Gasteiger partial charge in [-0.05, 0) is 48.0 Å². The van der Waals surface area contributed by atoms with Crippen LogP contribution in [-0.2, 0) is 34.9 Å². The van der Waals surface area contributed by atoms with Crippen LogP contribution in [0.4, 0.5) is 5.82 Å². The molecule has 0 spiro atoms. The lowest BCUT2D eigenvalue weighted by molar-refractivity contribution is -0.150. The fourth-order valence-corrected chi connectivity index (χ4v) is 6.32. The van der Waals surface area contributed by atoms with Crippen LogP contribution in [-0.4, -0.2) is 68.2 Å². The number of esters is 2. The van der Waals surface area contributed by atoms with Gasteiger partial charge in [-0.15, -0.1) is 0 Å². The maximum absolute atomic E-state index is 14.1. The van der Waals surface area contributed by atoms with E-state index >= 15 is 0 Å². The van der Waals surface area contributed by atoms with Crippen molar-refractivity contribution in [2.45, 2.75) is 104 Å². The maximum Gasteiger partial charge on any atom is 0.326 e. The Hall–Kier alpha value is -2.60. The second-order valence-corrected chi connectivity index (χ2v) is 12.7. The third-order valence-electron chi connectivity index (χ3n) is 5.64. The van der Waals surface area contributed by atoms with Crippen LogP contribution in [0.1, 0.15) is 74.1 Å². The summed E-state index contributed by atoms with van der Waals surface area (Å²) in [6.07, 6.45) is 4.70. The van der Waals surface area contributed by atoms with Gasteiger partial charge in [-0.2, -0.15) is 0 Å². The molecule has 0 aromatic carbocycles. The van der Waals surface area contributed by atoms with Gasteiger partial charge in [-0.25, -0.2) is 25.1 Å². The molecule has 2 aromatic rings. The lowest BCUT2D eigenvalue weighted by Crippen LogP contribution is -2.49. The number of nitrogens with two attached hydrogens (primary N) is 1. The normalized spacial score (nSPS) is 15.2. The van der Waals surface area contributed by atoms with E-state index in [4.69, 9.17) is 19.9 Å². The van der Waals surface area contributed by atoms with E-state index in [1.165, 1.54) is 6.33 Å². The molecule has 0 aliphatic carbocycles. The van der Waals surface area contributed by atoms with Crippen molar-refractivity contribution in [3.63, 3.8) is 0 Å². The zero-order valence-electron chi connectivity index (χ0n) is 24.1. The molecular weight excluding hydrogens is 525 g/mol. The monoisotopic (exact) mass is 569 g/mol. The van der Waals surface area contributed by atoms with Crippen LogP contribution in [0.15, 0.2) is 12.7 Å². The lowest BCUT2D eigenvalue weighted by atomic mass is 10.1. The predicted octanol–water partition coefficient (Wildman–Crippen LogP) is 3.39. The predicted molar refractivity (Wildman–Crippen MR) is 149 cm³/mol. The van der Waals surface area contributed by atoms with Crippen molar-refractivity contribution in [3.05, 3.63) is 12.7 Å². The Labute approximate surface area is 230 Å². The average molecular weight is 570 g/mol. The highest BCUT2D eigenvalue weighted by molar-refractivity contribution is 7.59. The van der Waals surface area contributed by atoms with Crippen molar-refractivity contribution in [1.82, 2.24) is 29.7 Å². The fraction of sp³-hybridized carbons (Fsp3) is 0.720. The topological polar surface area (TPSA) is 173 Å². The standard InChI is InChI=1S/C25H44N7O6P/c1-8-9-10-11-36-24(34)25(6,7)31-39(35,30-18(4)12-20(33)38-17(2)3)16-37-19(5)13-32-15-29-21-22(26)27-14-28-23(21)32/h14-15,17-19H,8-13,16H2,1-7H3,(H2,26,27,28)(H2,30,31,35). The molecule has 0 saturated heterocycles. The number of imidazole rings is 1. The van der Waals surface area contributed by atoms with Gasteiger partial charge in [0, 0.05) is 6.04 Å². The van der Waals surface area contributed by atoms with E-state index < -0.39 is 37.1 Å². The Morgan fingerprint density at radius 3 is 2.54 bits per heavy atom. The molecule has 3 unspecified atom stereocenters. The Morgan fingerprint density at radius 2 is 1.87 bits per heavy atom. The number of hydrogen-bond acceptors (Lipinski definition) is 10. The molecule has 2 heterocycles. The SMILES string of the molecule is CCCCCOC(=O)C(C)(C)NP(=O)(COC(C)Cn1cnc2c(N)ncnc21)NC(C)CC(=O)OC(C)C. The summed E-state index contributed by atoms with van der Waals surface area (Å²) in [4.78, 5) is 37.4. The largest absolute Gasteiger partial charge is 0.464 e. The molecule has 39 heavy (non-hydrogen) atoms. The number of nitrogens with zero attached hydrogens (tertiary/aromatic N) is 4. The highest BCUT2D eigenvalue weighted by atomic mass is 31.2. The number of unbranched alkanes of at least 4 members (excludes halogenated alkanes) is 2. The number of nitrogens with one attached hydrogen (secondary N) is 2. The van der Waals surface area contributed by atoms with Crippen molar-refractivity contribution < 1.29 is 28.4 Å². The second kappa shape index (κ2) is 14.7. The van der Waals surface area contributed by atoms with Gasteiger partial charge in [0.15, 0.2) is 11.5 Å². The first kappa shape index (κ1) is 32.6. The van der Waals surface area contributed by atoms with Gasteiger partial charge in [0.05, 0.1) is 38.1 Å². The smallest absolute Gasteiger partial charge is 0.326 e. The first-order chi connectivity index (χ1) is 18.3. The third kappa shape index (κ3) is 10.5. The van der Waals surface area contributed by atoms with E-state index in [-0.39, 0.29) is 31.3 Å². The molecule has 14 heteroatoms. The highest BCUT2D eigenvalue weighted by Crippen LogP contribution is 2.40. The molecule has 4 N–H and O–H groups in total. The number of fused-ring (bicyclic) bond motifs is 1. The number of ether oxygens (including phenoxy) is 3. The van der Waals surface area contributed by atoms with Crippen LogP contribution in [0.2, 0.25) is 0 Å². The first-order valence-electron chi connectivity index (χ1n) is 13.3. The number of nitrogen functional groups attached to an aromatic ring is 1. The van der Waals surface area contributed by atoms with Crippen molar-refractivity contribution in [2.75, 3.05) is 18.7 Å². The molecule has 13 nitrogen and oxygen atoms in total. The van der Waals surface area contributed by atoms with Crippen molar-refractivity contribution in [2.24, 2.45) is 0 Å². The van der Waals surface area contributed by atoms with Crippen LogP contribution in [0.3, 0.4) is 0 Å². The maximum atomic E-state index is 14.1. The molecule has 0 aliphatic rings. The number of carbonyl (C=O) groups is 2. The zero-order valence-corrected chi connectivity index (χ0v) is 25.0. The molecule has 0 aliphatic heterocycles. The number of rotatable bonds is 17. The Bertz CT molecular complexity index is 1140. The Balaban J connectivity index is 2.12. The van der Waals surface area contributed by atoms with Crippen LogP contribution in [0.5, 0.6) is 0 Å². The van der Waals surface area contributed by atoms with E-state index in [0.29, 0.717) is 17.7 Å². The lowest BCUT2D eigenvalue weighted by Gasteiger charge is -2.32. The van der Waals surface area contributed by atoms with E-state index in [0.717, 1.165) is 19.3 Å². The van der Waals surface area contributed by atoms with Crippen molar-refractivity contribution in [1.29, 1.82) is 0 Å². The van der Waals surface area contributed by atoms with Crippen LogP contribution >= 0.6 is 7.44 Å². The van der Waals surface area contributed by atoms with Crippen molar-refractivity contribution >= 4 is 36.4 Å². The summed E-state index contributed by atoms with van der Waals surface area (Å²) in [6.45, 7) is 13.0. The molecule has 2 rings (SSSR count). The van der Waals surface area contributed by atoms with Crippen LogP contribution in [0.25, 0.3) is 11.2 Å². The van der Waals surface area contributed by atoms with Crippen LogP contribution < -0.4 is 15.9 Å². The van der Waals surface area contributed by atoms with Crippen LogP contribution in [0, 0.1) is 0 Å². The molecule has 2 aromatic heterocycles. The molecule has 0 bridgehead atoms. The summed E-state index contributed by atoms with van der Waals surface area (Å²) < 4.78 is 32.5. The van der Waals surface area contributed by atoms with Gasteiger partial charge < -0.3 is 24.5 Å². The van der Waals surface area contributed by atoms with Crippen molar-refractivity contribution in [3.8, 4) is 0 Å². The minimum atomic E-state index is -3.59. The van der Waals surface area contributed by atoms with E-state index in [9.17, 15) is 14.2 Å². The fourth-order valence-electron chi connectivity index (χ4n) is 3.85. The minimum absolute atomic E-state index is 0.0105. The molecule has 220 valence electrons. The molecular formula is C25H44N7O6P. The summed E-state index contributed by atoms with van der Waals surface area (Å²) in [5, 5.41) is 5.93. The van der Waals surface area contributed by atoms with Gasteiger partial charge in [0.2, 0.25) is 7.44 Å². The molecule has 0 saturated carbocycles. The summed E-state index contributed by atoms with van der Waals surface area (Å²) >= 11 is 0. The quantitative estimate of drug-likeness (QED) is 0.144. The zero-order chi connectivity index (χ0) is 29.2. The number of carbonyl (C=O) groups excluding carboxylic acids is 2. The van der Waals surface area contributed by atoms with Gasteiger partial charge >= 0.3 is 11.9 Å². The first-order valence-corrected chi connectivity index (χ1v) is 15.2. The Morgan fingerprint density at radius 1 is 1.15 bits per heavy atom. The number of anilines is 1. The van der Waals surface area contributed by atoms with Gasteiger partial charge in [0.25, 0.3) is 0 Å². The highest BCUT2D eigenvalue weighted by Gasteiger charge is 2.38. The molecule has 0 amide bonds. The van der Waals surface area contributed by atoms with Gasteiger partial charge in [0.1, 0.15) is 23.7 Å². The van der Waals surface area contributed by atoms with Gasteiger partial charge in [-0.1, -0.05) is 19.8 Å². The van der Waals surface area contributed by atoms with E-state index in [2.05, 4.69) is 32.1 Å². The summed E-state index contributed by atoms with van der Waals surface area (Å²) in [7, 11) is -3.59. The molecule has 3 atom stereocenters. The Kier molecular flexibility index (Phi) is 12.3. The molecule has 0 radical (unpaired) electrons. The summed E-state index contributed by atoms with van der Waals surface area (Å²) in [5.74, 6) is -0.671. The number of aromatic nitrogens is 4. The van der Waals surface area contributed by atoms with E-state index in [1.807, 2.05) is 6.92 Å². The minimum Gasteiger partial charge on any atom is -0.464 e.